The Balaban J connectivity index is 2.15. The molecule has 5 nitrogen and oxygen atoms in total. The normalized spacial score (nSPS) is 9.93. The molecule has 1 N–H and O–H groups in total. The first-order valence-corrected chi connectivity index (χ1v) is 4.47. The van der Waals surface area contributed by atoms with Crippen LogP contribution in [0.25, 0.3) is 0 Å². The molecule has 0 aliphatic rings. The summed E-state index contributed by atoms with van der Waals surface area (Å²) < 4.78 is 1.52. The Kier molecular flexibility index (Phi) is 2.45. The third-order valence-electron chi connectivity index (χ3n) is 1.99. The molecule has 2 heterocycles. The highest BCUT2D eigenvalue weighted by Gasteiger charge is 2.09. The van der Waals surface area contributed by atoms with E-state index in [9.17, 15) is 4.79 Å². The van der Waals surface area contributed by atoms with E-state index in [2.05, 4.69) is 15.4 Å². The minimum atomic E-state index is -0.179. The molecule has 5 heteroatoms. The van der Waals surface area contributed by atoms with Gasteiger partial charge in [0.05, 0.1) is 0 Å². The lowest BCUT2D eigenvalue weighted by Crippen LogP contribution is -2.15. The van der Waals surface area contributed by atoms with E-state index in [1.54, 1.807) is 43.8 Å². The maximum absolute atomic E-state index is 11.7. The van der Waals surface area contributed by atoms with Gasteiger partial charge in [0, 0.05) is 31.3 Å². The molecule has 0 aromatic carbocycles. The van der Waals surface area contributed by atoms with Crippen LogP contribution >= 0.6 is 0 Å². The number of aryl methyl sites for hydroxylation is 1. The van der Waals surface area contributed by atoms with Gasteiger partial charge in [-0.05, 0) is 18.2 Å². The van der Waals surface area contributed by atoms with Gasteiger partial charge in [-0.3, -0.25) is 14.5 Å². The quantitative estimate of drug-likeness (QED) is 0.792. The maximum atomic E-state index is 11.7. The largest absolute Gasteiger partial charge is 0.321 e. The molecule has 0 radical (unpaired) electrons. The van der Waals surface area contributed by atoms with Crippen LogP contribution in [0.4, 0.5) is 5.69 Å². The van der Waals surface area contributed by atoms with Gasteiger partial charge in [-0.25, -0.2) is 0 Å². The summed E-state index contributed by atoms with van der Waals surface area (Å²) >= 11 is 0. The third kappa shape index (κ3) is 2.01. The number of hydrogen-bond donors (Lipinski definition) is 1. The van der Waals surface area contributed by atoms with Crippen LogP contribution in [0.1, 0.15) is 10.5 Å². The molecular formula is C10H10N4O. The first kappa shape index (κ1) is 9.39. The SMILES string of the molecule is Cn1nccc1C(=O)Nc1ccncc1. The van der Waals surface area contributed by atoms with Crippen LogP contribution in [0.5, 0.6) is 0 Å². The zero-order chi connectivity index (χ0) is 10.7. The van der Waals surface area contributed by atoms with Gasteiger partial charge >= 0.3 is 0 Å². The van der Waals surface area contributed by atoms with Crippen molar-refractivity contribution >= 4 is 11.6 Å². The van der Waals surface area contributed by atoms with Crippen molar-refractivity contribution < 1.29 is 4.79 Å². The molecule has 0 bridgehead atoms. The topological polar surface area (TPSA) is 59.8 Å². The monoisotopic (exact) mass is 202 g/mol. The molecule has 2 rings (SSSR count). The van der Waals surface area contributed by atoms with Crippen molar-refractivity contribution in [3.63, 3.8) is 0 Å². The van der Waals surface area contributed by atoms with Crippen LogP contribution in [-0.4, -0.2) is 20.7 Å². The van der Waals surface area contributed by atoms with Gasteiger partial charge < -0.3 is 5.32 Å². The number of aromatic nitrogens is 3. The number of nitrogens with zero attached hydrogens (tertiary/aromatic N) is 3. The fourth-order valence-electron chi connectivity index (χ4n) is 1.23. The zero-order valence-corrected chi connectivity index (χ0v) is 8.21. The van der Waals surface area contributed by atoms with E-state index >= 15 is 0 Å². The van der Waals surface area contributed by atoms with Crippen molar-refractivity contribution in [2.75, 3.05) is 5.32 Å². The Morgan fingerprint density at radius 1 is 1.27 bits per heavy atom. The highest BCUT2D eigenvalue weighted by atomic mass is 16.2. The maximum Gasteiger partial charge on any atom is 0.273 e. The molecule has 0 spiro atoms. The van der Waals surface area contributed by atoms with E-state index < -0.39 is 0 Å². The van der Waals surface area contributed by atoms with Crippen molar-refractivity contribution in [1.29, 1.82) is 0 Å². The van der Waals surface area contributed by atoms with Crippen LogP contribution in [0.15, 0.2) is 36.8 Å². The highest BCUT2D eigenvalue weighted by molar-refractivity contribution is 6.02. The minimum absolute atomic E-state index is 0.179. The summed E-state index contributed by atoms with van der Waals surface area (Å²) in [6, 6.07) is 5.12. The van der Waals surface area contributed by atoms with Crippen molar-refractivity contribution in [2.45, 2.75) is 0 Å². The lowest BCUT2D eigenvalue weighted by molar-refractivity contribution is 0.101. The van der Waals surface area contributed by atoms with Crippen LogP contribution in [0, 0.1) is 0 Å². The van der Waals surface area contributed by atoms with Gasteiger partial charge in [0.15, 0.2) is 0 Å². The second-order valence-corrected chi connectivity index (χ2v) is 3.03. The number of rotatable bonds is 2. The van der Waals surface area contributed by atoms with Crippen molar-refractivity contribution in [3.05, 3.63) is 42.5 Å². The zero-order valence-electron chi connectivity index (χ0n) is 8.21. The summed E-state index contributed by atoms with van der Waals surface area (Å²) in [7, 11) is 1.72. The Labute approximate surface area is 86.8 Å². The van der Waals surface area contributed by atoms with Crippen molar-refractivity contribution in [2.24, 2.45) is 7.05 Å². The highest BCUT2D eigenvalue weighted by Crippen LogP contribution is 2.06. The molecule has 0 saturated heterocycles. The van der Waals surface area contributed by atoms with Gasteiger partial charge in [-0.2, -0.15) is 5.10 Å². The third-order valence-corrected chi connectivity index (χ3v) is 1.99. The van der Waals surface area contributed by atoms with Crippen molar-refractivity contribution in [1.82, 2.24) is 14.8 Å². The summed E-state index contributed by atoms with van der Waals surface area (Å²) in [5.41, 5.74) is 1.24. The Bertz CT molecular complexity index is 463. The van der Waals surface area contributed by atoms with Crippen LogP contribution < -0.4 is 5.32 Å². The van der Waals surface area contributed by atoms with Gasteiger partial charge in [-0.15, -0.1) is 0 Å². The van der Waals surface area contributed by atoms with Crippen LogP contribution in [0.3, 0.4) is 0 Å². The molecule has 76 valence electrons. The lowest BCUT2D eigenvalue weighted by atomic mass is 10.3. The lowest BCUT2D eigenvalue weighted by Gasteiger charge is -2.04. The fraction of sp³-hybridized carbons (Fsp3) is 0.100. The molecule has 2 aromatic rings. The van der Waals surface area contributed by atoms with Crippen LogP contribution in [0.2, 0.25) is 0 Å². The number of carbonyl (C=O) groups is 1. The van der Waals surface area contributed by atoms with Gasteiger partial charge in [0.1, 0.15) is 5.69 Å². The molecule has 0 atom stereocenters. The molecule has 1 amide bonds. The molecule has 2 aromatic heterocycles. The molecule has 0 aliphatic heterocycles. The fourth-order valence-corrected chi connectivity index (χ4v) is 1.23. The van der Waals surface area contributed by atoms with E-state index in [1.165, 1.54) is 4.68 Å². The first-order valence-electron chi connectivity index (χ1n) is 4.47. The smallest absolute Gasteiger partial charge is 0.273 e. The minimum Gasteiger partial charge on any atom is -0.321 e. The number of nitrogens with one attached hydrogen (secondary N) is 1. The standard InChI is InChI=1S/C10H10N4O/c1-14-9(4-7-12-14)10(15)13-8-2-5-11-6-3-8/h2-7H,1H3,(H,11,13,15). The molecule has 0 aliphatic carbocycles. The second kappa shape index (κ2) is 3.91. The second-order valence-electron chi connectivity index (χ2n) is 3.03. The Morgan fingerprint density at radius 3 is 2.60 bits per heavy atom. The molecule has 15 heavy (non-hydrogen) atoms. The van der Waals surface area contributed by atoms with Gasteiger partial charge in [-0.1, -0.05) is 0 Å². The van der Waals surface area contributed by atoms with E-state index in [-0.39, 0.29) is 5.91 Å². The van der Waals surface area contributed by atoms with E-state index in [0.717, 1.165) is 5.69 Å². The van der Waals surface area contributed by atoms with E-state index in [4.69, 9.17) is 0 Å². The summed E-state index contributed by atoms with van der Waals surface area (Å²) in [6.07, 6.45) is 4.83. The predicted molar refractivity (Wildman–Crippen MR) is 55.4 cm³/mol. The summed E-state index contributed by atoms with van der Waals surface area (Å²) in [4.78, 5) is 15.6. The molecule has 0 unspecified atom stereocenters. The van der Waals surface area contributed by atoms with Crippen LogP contribution in [-0.2, 0) is 7.05 Å². The average molecular weight is 202 g/mol. The first-order chi connectivity index (χ1) is 7.27. The number of carbonyl (C=O) groups excluding carboxylic acids is 1. The average Bonchev–Trinajstić information content (AvgIpc) is 2.66. The van der Waals surface area contributed by atoms with Gasteiger partial charge in [0.2, 0.25) is 0 Å². The molecule has 0 saturated carbocycles. The summed E-state index contributed by atoms with van der Waals surface area (Å²) in [5.74, 6) is -0.179. The Hall–Kier alpha value is -2.17. The Morgan fingerprint density at radius 2 is 2.00 bits per heavy atom. The van der Waals surface area contributed by atoms with E-state index in [1.807, 2.05) is 0 Å². The molecular weight excluding hydrogens is 192 g/mol. The summed E-state index contributed by atoms with van der Waals surface area (Å²) in [5, 5.41) is 6.67. The van der Waals surface area contributed by atoms with E-state index in [0.29, 0.717) is 5.69 Å². The predicted octanol–water partition coefficient (Wildman–Crippen LogP) is 1.07. The summed E-state index contributed by atoms with van der Waals surface area (Å²) in [6.45, 7) is 0. The number of amides is 1. The van der Waals surface area contributed by atoms with Crippen molar-refractivity contribution in [3.8, 4) is 0 Å². The van der Waals surface area contributed by atoms with Gasteiger partial charge in [0.25, 0.3) is 5.91 Å². The molecule has 0 fully saturated rings. The number of pyridine rings is 1. The number of anilines is 1. The number of hydrogen-bond acceptors (Lipinski definition) is 3.